The number of hydrogen-bond donors (Lipinski definition) is 1. The monoisotopic (exact) mass is 546 g/mol. The third-order valence-electron chi connectivity index (χ3n) is 7.15. The molecule has 1 N–H and O–H groups in total. The Kier molecular flexibility index (Phi) is 10.2. The van der Waals surface area contributed by atoms with Crippen LogP contribution in [0.25, 0.3) is 0 Å². The van der Waals surface area contributed by atoms with E-state index in [1.807, 2.05) is 58.0 Å². The van der Waals surface area contributed by atoms with Gasteiger partial charge in [-0.1, -0.05) is 30.3 Å². The first-order valence-corrected chi connectivity index (χ1v) is 13.5. The van der Waals surface area contributed by atoms with Gasteiger partial charge in [-0.05, 0) is 70.2 Å². The highest BCUT2D eigenvalue weighted by Crippen LogP contribution is 2.46. The van der Waals surface area contributed by atoms with E-state index in [1.54, 1.807) is 4.90 Å². The van der Waals surface area contributed by atoms with Crippen LogP contribution < -0.4 is 14.8 Å². The molecule has 0 bridgehead atoms. The lowest BCUT2D eigenvalue weighted by Gasteiger charge is -2.46. The molecular formula is C30H40F2N2O5. The van der Waals surface area contributed by atoms with Gasteiger partial charge in [-0.2, -0.15) is 0 Å². The summed E-state index contributed by atoms with van der Waals surface area (Å²) < 4.78 is 44.2. The number of benzene rings is 2. The van der Waals surface area contributed by atoms with Crippen molar-refractivity contribution in [3.63, 3.8) is 0 Å². The maximum Gasteiger partial charge on any atom is 0.332 e. The predicted molar refractivity (Wildman–Crippen MR) is 145 cm³/mol. The fraction of sp³-hybridized carbons (Fsp3) is 0.533. The Labute approximate surface area is 229 Å². The van der Waals surface area contributed by atoms with Crippen LogP contribution in [-0.4, -0.2) is 55.2 Å². The number of methoxy groups -OCH3 is 1. The van der Waals surface area contributed by atoms with Crippen LogP contribution in [-0.2, 0) is 16.0 Å². The number of nitrogens with one attached hydrogen (secondary N) is 1. The van der Waals surface area contributed by atoms with Gasteiger partial charge in [0.05, 0.1) is 26.4 Å². The predicted octanol–water partition coefficient (Wildman–Crippen LogP) is 6.23. The average Bonchev–Trinajstić information content (AvgIpc) is 2.89. The largest absolute Gasteiger partial charge is 0.493 e. The van der Waals surface area contributed by atoms with E-state index >= 15 is 0 Å². The molecule has 1 fully saturated rings. The van der Waals surface area contributed by atoms with E-state index in [-0.39, 0.29) is 0 Å². The zero-order valence-corrected chi connectivity index (χ0v) is 23.5. The molecule has 0 spiro atoms. The van der Waals surface area contributed by atoms with Gasteiger partial charge in [0, 0.05) is 24.9 Å². The van der Waals surface area contributed by atoms with Crippen LogP contribution in [0.5, 0.6) is 11.5 Å². The lowest BCUT2D eigenvalue weighted by Crippen LogP contribution is -2.68. The Morgan fingerprint density at radius 3 is 2.13 bits per heavy atom. The molecule has 7 nitrogen and oxygen atoms in total. The summed E-state index contributed by atoms with van der Waals surface area (Å²) in [6.45, 7) is 8.84. The zero-order valence-electron chi connectivity index (χ0n) is 23.5. The van der Waals surface area contributed by atoms with Gasteiger partial charge in [-0.25, -0.2) is 18.4 Å². The number of halogens is 2. The number of ether oxygens (including phenoxy) is 3. The number of esters is 1. The Morgan fingerprint density at radius 1 is 1.03 bits per heavy atom. The summed E-state index contributed by atoms with van der Waals surface area (Å²) in [6.07, 6.45) is 0.764. The summed E-state index contributed by atoms with van der Waals surface area (Å²) in [5.74, 6) is -2.60. The van der Waals surface area contributed by atoms with Gasteiger partial charge < -0.3 is 24.4 Å². The number of urea groups is 1. The summed E-state index contributed by atoms with van der Waals surface area (Å²) in [5, 5.41) is 2.61. The van der Waals surface area contributed by atoms with E-state index < -0.39 is 42.3 Å². The van der Waals surface area contributed by atoms with Crippen LogP contribution in [0, 0.1) is 6.92 Å². The van der Waals surface area contributed by atoms with E-state index in [9.17, 15) is 18.4 Å². The lowest BCUT2D eigenvalue weighted by atomic mass is 9.73. The summed E-state index contributed by atoms with van der Waals surface area (Å²) in [6, 6.07) is 12.8. The highest BCUT2D eigenvalue weighted by Gasteiger charge is 2.63. The molecule has 1 atom stereocenters. The maximum absolute atomic E-state index is 13.9. The van der Waals surface area contributed by atoms with Crippen LogP contribution in [0.1, 0.15) is 69.2 Å². The van der Waals surface area contributed by atoms with Crippen molar-refractivity contribution < 1.29 is 32.6 Å². The molecule has 3 rings (SSSR count). The number of carbonyl (C=O) groups excluding carboxylic acids is 2. The highest BCUT2D eigenvalue weighted by atomic mass is 19.3. The van der Waals surface area contributed by atoms with Gasteiger partial charge >= 0.3 is 12.0 Å². The number of alkyl halides is 2. The maximum atomic E-state index is 13.9. The van der Waals surface area contributed by atoms with Gasteiger partial charge in [-0.15, -0.1) is 0 Å². The van der Waals surface area contributed by atoms with E-state index in [2.05, 4.69) is 17.4 Å². The molecule has 39 heavy (non-hydrogen) atoms. The quantitative estimate of drug-likeness (QED) is 0.238. The molecule has 9 heteroatoms. The first-order chi connectivity index (χ1) is 18.6. The number of amides is 2. The van der Waals surface area contributed by atoms with Crippen molar-refractivity contribution in [3.05, 3.63) is 59.2 Å². The molecule has 1 aliphatic rings. The second-order valence-corrected chi connectivity index (χ2v) is 10.0. The Bertz CT molecular complexity index is 1090. The minimum absolute atomic E-state index is 0.356. The van der Waals surface area contributed by atoms with Crippen LogP contribution >= 0.6 is 0 Å². The Morgan fingerprint density at radius 2 is 1.62 bits per heavy atom. The summed E-state index contributed by atoms with van der Waals surface area (Å²) in [7, 11) is 1.13. The second kappa shape index (κ2) is 13.1. The van der Waals surface area contributed by atoms with Crippen molar-refractivity contribution in [1.29, 1.82) is 0 Å². The van der Waals surface area contributed by atoms with Crippen molar-refractivity contribution in [2.24, 2.45) is 0 Å². The molecule has 0 aliphatic heterocycles. The number of unbranched alkanes of at least 4 members (excludes halogenated alkanes) is 1. The van der Waals surface area contributed by atoms with Crippen molar-refractivity contribution in [3.8, 4) is 11.5 Å². The molecule has 214 valence electrons. The SMILES string of the molecule is CCOc1cc(C(C)N(CCCCc2ccccc2)C(=O)NC2(C(=O)OC)CC(F)(F)C2)cc(OCC)c1C. The molecule has 2 amide bonds. The number of carbonyl (C=O) groups is 2. The third-order valence-corrected chi connectivity index (χ3v) is 7.15. The van der Waals surface area contributed by atoms with E-state index in [0.717, 1.165) is 31.1 Å². The minimum atomic E-state index is -3.04. The smallest absolute Gasteiger partial charge is 0.332 e. The second-order valence-electron chi connectivity index (χ2n) is 10.0. The van der Waals surface area contributed by atoms with E-state index in [4.69, 9.17) is 14.2 Å². The fourth-order valence-electron chi connectivity index (χ4n) is 5.03. The van der Waals surface area contributed by atoms with Crippen molar-refractivity contribution in [1.82, 2.24) is 10.2 Å². The third kappa shape index (κ3) is 7.40. The van der Waals surface area contributed by atoms with Gasteiger partial charge in [0.1, 0.15) is 11.5 Å². The lowest BCUT2D eigenvalue weighted by molar-refractivity contribution is -0.178. The Balaban J connectivity index is 1.87. The average molecular weight is 547 g/mol. The van der Waals surface area contributed by atoms with Crippen molar-refractivity contribution in [2.75, 3.05) is 26.9 Å². The molecular weight excluding hydrogens is 506 g/mol. The highest BCUT2D eigenvalue weighted by molar-refractivity contribution is 5.89. The van der Waals surface area contributed by atoms with Gasteiger partial charge in [0.25, 0.3) is 5.92 Å². The first-order valence-electron chi connectivity index (χ1n) is 13.5. The molecule has 2 aromatic rings. The zero-order chi connectivity index (χ0) is 28.6. The molecule has 0 aromatic heterocycles. The van der Waals surface area contributed by atoms with Crippen molar-refractivity contribution >= 4 is 12.0 Å². The first kappa shape index (κ1) is 30.2. The van der Waals surface area contributed by atoms with Gasteiger partial charge in [0.15, 0.2) is 5.54 Å². The molecule has 1 saturated carbocycles. The normalized spacial score (nSPS) is 16.0. The molecule has 1 unspecified atom stereocenters. The number of nitrogens with zero attached hydrogens (tertiary/aromatic N) is 1. The standard InChI is InChI=1S/C30H40F2N2O5/c1-6-38-25-17-24(18-26(21(25)3)39-7-2)22(4)34(16-12-11-15-23-13-9-8-10-14-23)28(36)33-29(27(35)37-5)19-30(31,32)20-29/h8-10,13-14,17-18,22H,6-7,11-12,15-16,19-20H2,1-5H3,(H,33,36). The van der Waals surface area contributed by atoms with Crippen LogP contribution in [0.4, 0.5) is 13.6 Å². The van der Waals surface area contributed by atoms with Crippen LogP contribution in [0.3, 0.4) is 0 Å². The molecule has 0 heterocycles. The Hall–Kier alpha value is -3.36. The number of hydrogen-bond acceptors (Lipinski definition) is 5. The molecule has 0 saturated heterocycles. The van der Waals surface area contributed by atoms with E-state index in [1.165, 1.54) is 5.56 Å². The van der Waals surface area contributed by atoms with Gasteiger partial charge in [0.2, 0.25) is 0 Å². The topological polar surface area (TPSA) is 77.1 Å². The molecule has 0 radical (unpaired) electrons. The number of rotatable bonds is 13. The van der Waals surface area contributed by atoms with E-state index in [0.29, 0.717) is 37.7 Å². The fourth-order valence-corrected chi connectivity index (χ4v) is 5.03. The van der Waals surface area contributed by atoms with Crippen molar-refractivity contribution in [2.45, 2.75) is 77.3 Å². The molecule has 2 aromatic carbocycles. The molecule has 1 aliphatic carbocycles. The van der Waals surface area contributed by atoms with Crippen LogP contribution in [0.15, 0.2) is 42.5 Å². The summed E-state index contributed by atoms with van der Waals surface area (Å²) in [5.41, 5.74) is 1.08. The summed E-state index contributed by atoms with van der Waals surface area (Å²) in [4.78, 5) is 27.7. The van der Waals surface area contributed by atoms with Crippen LogP contribution in [0.2, 0.25) is 0 Å². The number of aryl methyl sites for hydroxylation is 1. The van der Waals surface area contributed by atoms with Gasteiger partial charge in [-0.3, -0.25) is 0 Å². The minimum Gasteiger partial charge on any atom is -0.493 e. The summed E-state index contributed by atoms with van der Waals surface area (Å²) >= 11 is 0.